The van der Waals surface area contributed by atoms with Gasteiger partial charge in [0.05, 0.1) is 5.75 Å². The highest BCUT2D eigenvalue weighted by molar-refractivity contribution is 7.86. The molecule has 92 valence electrons. The van der Waals surface area contributed by atoms with Crippen molar-refractivity contribution >= 4 is 18.0 Å². The lowest BCUT2D eigenvalue weighted by Crippen LogP contribution is -2.28. The smallest absolute Gasteiger partial charge is 0.265 e. The maximum Gasteiger partial charge on any atom is 0.265 e. The second-order valence-corrected chi connectivity index (χ2v) is 11.3. The molecule has 0 spiro atoms. The maximum atomic E-state index is 10.8. The molecule has 0 aromatic carbocycles. The molecule has 0 aliphatic heterocycles. The van der Waals surface area contributed by atoms with Gasteiger partial charge in [-0.15, -0.1) is 0 Å². The van der Waals surface area contributed by atoms with Crippen molar-refractivity contribution in [1.29, 1.82) is 0 Å². The van der Waals surface area contributed by atoms with Crippen LogP contribution in [0, 0.1) is 0 Å². The fraction of sp³-hybridized carbons (Fsp3) is 1.00. The van der Waals surface area contributed by atoms with E-state index in [1.165, 1.54) is 0 Å². The summed E-state index contributed by atoms with van der Waals surface area (Å²) < 4.78 is 30.3. The van der Waals surface area contributed by atoms with Crippen molar-refractivity contribution in [3.8, 4) is 0 Å². The second kappa shape index (κ2) is 4.68. The summed E-state index contributed by atoms with van der Waals surface area (Å²) in [6, 6.07) is 0. The zero-order valence-electron chi connectivity index (χ0n) is 10.5. The van der Waals surface area contributed by atoms with Gasteiger partial charge >= 0.3 is 0 Å². The molecule has 0 aromatic rings. The predicted octanol–water partition coefficient (Wildman–Crippen LogP) is 2.95. The molecule has 0 rings (SSSR count). The minimum atomic E-state index is -3.82. The van der Waals surface area contributed by atoms with E-state index in [9.17, 15) is 8.42 Å². The van der Waals surface area contributed by atoms with E-state index < -0.39 is 18.0 Å². The first-order chi connectivity index (χ1) is 6.34. The van der Waals surface area contributed by atoms with Crippen molar-refractivity contribution in [2.75, 3.05) is 11.9 Å². The van der Waals surface area contributed by atoms with Gasteiger partial charge in [-0.1, -0.05) is 49.5 Å². The first-order valence-corrected chi connectivity index (χ1v) is 8.20. The lowest BCUT2D eigenvalue weighted by Gasteiger charge is -2.41. The first kappa shape index (κ1) is 15.3. The average molecular weight is 254 g/mol. The Morgan fingerprint density at radius 1 is 1.00 bits per heavy atom. The maximum absolute atomic E-state index is 10.8. The van der Waals surface area contributed by atoms with E-state index in [0.29, 0.717) is 6.16 Å². The molecule has 0 saturated heterocycles. The van der Waals surface area contributed by atoms with Crippen LogP contribution in [0.25, 0.3) is 0 Å². The molecule has 0 amide bonds. The Bertz CT molecular complexity index is 282. The number of rotatable bonds is 3. The van der Waals surface area contributed by atoms with Crippen LogP contribution < -0.4 is 0 Å². The van der Waals surface area contributed by atoms with Crippen molar-refractivity contribution in [3.63, 3.8) is 0 Å². The van der Waals surface area contributed by atoms with Crippen molar-refractivity contribution in [3.05, 3.63) is 0 Å². The summed E-state index contributed by atoms with van der Waals surface area (Å²) in [5, 5.41) is 0.219. The summed E-state index contributed by atoms with van der Waals surface area (Å²) in [4.78, 5) is 0. The first-order valence-electron chi connectivity index (χ1n) is 5.07. The Morgan fingerprint density at radius 3 is 1.53 bits per heavy atom. The zero-order valence-corrected chi connectivity index (χ0v) is 12.2. The van der Waals surface area contributed by atoms with Crippen LogP contribution in [0.15, 0.2) is 0 Å². The molecule has 0 bridgehead atoms. The van der Waals surface area contributed by atoms with Crippen LogP contribution in [0.4, 0.5) is 0 Å². The molecule has 0 aromatic heterocycles. The van der Waals surface area contributed by atoms with Crippen molar-refractivity contribution in [1.82, 2.24) is 0 Å². The quantitative estimate of drug-likeness (QED) is 0.622. The van der Waals surface area contributed by atoms with Crippen LogP contribution >= 0.6 is 7.92 Å². The van der Waals surface area contributed by atoms with Crippen LogP contribution in [-0.4, -0.2) is 35.2 Å². The third kappa shape index (κ3) is 6.49. The monoisotopic (exact) mass is 254 g/mol. The van der Waals surface area contributed by atoms with Gasteiger partial charge in [-0.2, -0.15) is 8.42 Å². The highest BCUT2D eigenvalue weighted by atomic mass is 32.2. The molecule has 5 heteroatoms. The summed E-state index contributed by atoms with van der Waals surface area (Å²) in [7, 11) is -4.27. The fourth-order valence-corrected chi connectivity index (χ4v) is 6.89. The van der Waals surface area contributed by atoms with Gasteiger partial charge in [-0.3, -0.25) is 4.55 Å². The topological polar surface area (TPSA) is 54.4 Å². The molecule has 0 heterocycles. The molecule has 0 aliphatic rings. The predicted molar refractivity (Wildman–Crippen MR) is 67.7 cm³/mol. The van der Waals surface area contributed by atoms with Crippen LogP contribution in [0.3, 0.4) is 0 Å². The van der Waals surface area contributed by atoms with Gasteiger partial charge in [0.25, 0.3) is 10.1 Å². The highest BCUT2D eigenvalue weighted by Gasteiger charge is 2.34. The van der Waals surface area contributed by atoms with Crippen LogP contribution in [0.1, 0.15) is 41.5 Å². The molecular formula is C10H23O3PS. The third-order valence-electron chi connectivity index (χ3n) is 2.19. The van der Waals surface area contributed by atoms with Gasteiger partial charge in [0.1, 0.15) is 0 Å². The molecule has 0 saturated carbocycles. The molecule has 3 nitrogen and oxygen atoms in total. The SMILES string of the molecule is CC(C)(C)P(CCS(=O)(=O)O)C(C)(C)C. The molecule has 0 radical (unpaired) electrons. The largest absolute Gasteiger partial charge is 0.286 e. The Hall–Kier alpha value is 0.340. The average Bonchev–Trinajstić information content (AvgIpc) is 1.75. The van der Waals surface area contributed by atoms with Gasteiger partial charge in [0.2, 0.25) is 0 Å². The molecule has 0 aliphatic carbocycles. The minimum absolute atomic E-state index is 0.109. The lowest BCUT2D eigenvalue weighted by molar-refractivity contribution is 0.485. The molecule has 1 N–H and O–H groups in total. The number of hydrogen-bond donors (Lipinski definition) is 1. The van der Waals surface area contributed by atoms with Gasteiger partial charge in [0, 0.05) is 0 Å². The summed E-state index contributed by atoms with van der Waals surface area (Å²) in [5.74, 6) is -0.118. The normalized spacial score (nSPS) is 14.7. The molecule has 15 heavy (non-hydrogen) atoms. The molecule has 0 unspecified atom stereocenters. The summed E-state index contributed by atoms with van der Waals surface area (Å²) in [6.45, 7) is 12.8. The molecule has 0 atom stereocenters. The van der Waals surface area contributed by atoms with Crippen molar-refractivity contribution in [2.45, 2.75) is 51.9 Å². The van der Waals surface area contributed by atoms with Gasteiger partial charge in [0.15, 0.2) is 0 Å². The fourth-order valence-electron chi connectivity index (χ4n) is 1.88. The van der Waals surface area contributed by atoms with E-state index in [1.54, 1.807) is 0 Å². The Kier molecular flexibility index (Phi) is 4.79. The van der Waals surface area contributed by atoms with E-state index in [2.05, 4.69) is 41.5 Å². The molecule has 0 fully saturated rings. The number of hydrogen-bond acceptors (Lipinski definition) is 2. The Balaban J connectivity index is 4.71. The third-order valence-corrected chi connectivity index (χ3v) is 7.12. The Morgan fingerprint density at radius 2 is 1.33 bits per heavy atom. The second-order valence-electron chi connectivity index (χ2n) is 5.78. The van der Waals surface area contributed by atoms with E-state index in [-0.39, 0.29) is 16.1 Å². The zero-order chi connectivity index (χ0) is 12.5. The van der Waals surface area contributed by atoms with Crippen molar-refractivity contribution < 1.29 is 13.0 Å². The van der Waals surface area contributed by atoms with Crippen LogP contribution in [0.5, 0.6) is 0 Å². The van der Waals surface area contributed by atoms with E-state index in [4.69, 9.17) is 4.55 Å². The van der Waals surface area contributed by atoms with Crippen molar-refractivity contribution in [2.24, 2.45) is 0 Å². The Labute approximate surface area is 95.2 Å². The van der Waals surface area contributed by atoms with E-state index in [1.807, 2.05) is 0 Å². The van der Waals surface area contributed by atoms with E-state index in [0.717, 1.165) is 0 Å². The molecular weight excluding hydrogens is 231 g/mol. The highest BCUT2D eigenvalue weighted by Crippen LogP contribution is 2.58. The van der Waals surface area contributed by atoms with Gasteiger partial charge < -0.3 is 0 Å². The minimum Gasteiger partial charge on any atom is -0.286 e. The van der Waals surface area contributed by atoms with Gasteiger partial charge in [-0.25, -0.2) is 0 Å². The van der Waals surface area contributed by atoms with Crippen LogP contribution in [-0.2, 0) is 10.1 Å². The standard InChI is InChI=1S/C10H23O3PS/c1-9(2,3)14(10(4,5)6)7-8-15(11,12)13/h7-8H2,1-6H3,(H,11,12,13). The summed E-state index contributed by atoms with van der Waals surface area (Å²) >= 11 is 0. The van der Waals surface area contributed by atoms with Crippen LogP contribution in [0.2, 0.25) is 0 Å². The van der Waals surface area contributed by atoms with Gasteiger partial charge in [-0.05, 0) is 16.5 Å². The summed E-state index contributed by atoms with van der Waals surface area (Å²) in [5.41, 5.74) is 0. The summed E-state index contributed by atoms with van der Waals surface area (Å²) in [6.07, 6.45) is 0.571. The lowest BCUT2D eigenvalue weighted by atomic mass is 10.2. The van der Waals surface area contributed by atoms with E-state index >= 15 is 0 Å².